The lowest BCUT2D eigenvalue weighted by molar-refractivity contribution is -0.887. The molecule has 0 rings (SSSR count). The average Bonchev–Trinajstić information content (AvgIpc) is 3.28. The fraction of sp³-hybridized carbons (Fsp3) is 0.845. The summed E-state index contributed by atoms with van der Waals surface area (Å²) in [5.41, 5.74) is 0. The molecule has 1 N–H and O–H groups in total. The smallest absolute Gasteiger partial charge is 0.362 e. The van der Waals surface area contributed by atoms with Crippen LogP contribution in [0.2, 0.25) is 0 Å². The van der Waals surface area contributed by atoms with Crippen LogP contribution in [0.25, 0.3) is 0 Å². The summed E-state index contributed by atoms with van der Waals surface area (Å²) >= 11 is 0. The van der Waals surface area contributed by atoms with Gasteiger partial charge in [-0.15, -0.1) is 0 Å². The number of carboxylic acids is 1. The Morgan fingerprint density at radius 2 is 0.803 bits per heavy atom. The van der Waals surface area contributed by atoms with E-state index in [1.54, 1.807) is 0 Å². The standard InChI is InChI=1S/C58H107NO7/c1-6-8-10-12-14-16-18-20-22-24-26-27-28-29-31-32-34-36-38-40-42-44-46-48-56(60)65-53-54(52-64-51-50-55(58(62)63)59(3,4)5)66-57(61)49-47-45-43-41-39-37-35-33-30-25-23-21-19-17-15-13-11-9-7-2/h15,17,21,23,30,33,54-55H,6-14,16,18-20,22,24-29,31-32,34-53H2,1-5H3/p+1/b17-15-,23-21-,33-30-. The van der Waals surface area contributed by atoms with Gasteiger partial charge in [0.05, 0.1) is 34.4 Å². The molecule has 0 heterocycles. The van der Waals surface area contributed by atoms with Crippen LogP contribution in [0.4, 0.5) is 0 Å². The number of allylic oxidation sites excluding steroid dienone is 6. The number of quaternary nitrogens is 1. The molecular weight excluding hydrogens is 823 g/mol. The quantitative estimate of drug-likeness (QED) is 0.0281. The molecule has 8 nitrogen and oxygen atoms in total. The van der Waals surface area contributed by atoms with Crippen molar-refractivity contribution in [3.8, 4) is 0 Å². The number of carboxylic acid groups (broad SMARTS) is 1. The van der Waals surface area contributed by atoms with E-state index in [1.165, 1.54) is 167 Å². The highest BCUT2D eigenvalue weighted by Crippen LogP contribution is 2.17. The maximum absolute atomic E-state index is 12.8. The van der Waals surface area contributed by atoms with Crippen LogP contribution >= 0.6 is 0 Å². The number of unbranched alkanes of at least 4 members (excludes halogenated alkanes) is 31. The summed E-state index contributed by atoms with van der Waals surface area (Å²) in [6.07, 6.45) is 59.2. The molecule has 0 saturated carbocycles. The summed E-state index contributed by atoms with van der Waals surface area (Å²) in [4.78, 5) is 37.2. The molecule has 0 radical (unpaired) electrons. The summed E-state index contributed by atoms with van der Waals surface area (Å²) in [7, 11) is 5.54. The van der Waals surface area contributed by atoms with Crippen LogP contribution in [-0.2, 0) is 28.6 Å². The fourth-order valence-electron chi connectivity index (χ4n) is 8.45. The lowest BCUT2D eigenvalue weighted by Gasteiger charge is -2.31. The Labute approximate surface area is 408 Å². The molecular formula is C58H108NO7+. The van der Waals surface area contributed by atoms with Crippen LogP contribution in [0.1, 0.15) is 264 Å². The van der Waals surface area contributed by atoms with Crippen LogP contribution in [-0.4, -0.2) is 80.6 Å². The summed E-state index contributed by atoms with van der Waals surface area (Å²) in [5, 5.41) is 9.67. The van der Waals surface area contributed by atoms with Crippen molar-refractivity contribution in [1.82, 2.24) is 0 Å². The molecule has 2 atom stereocenters. The number of rotatable bonds is 51. The highest BCUT2D eigenvalue weighted by Gasteiger charge is 2.31. The molecule has 0 aromatic heterocycles. The SMILES string of the molecule is CCCCC/C=C\C/C=C\C/C=C\CCCCCCCCC(=O)OC(COCCC(C(=O)O)[N+](C)(C)C)COC(=O)CCCCCCCCCCCCCCCCCCCCCCCCC. The second kappa shape index (κ2) is 49.0. The number of hydrogen-bond donors (Lipinski definition) is 1. The molecule has 66 heavy (non-hydrogen) atoms. The molecule has 0 aliphatic heterocycles. The maximum atomic E-state index is 12.8. The number of aliphatic carboxylic acids is 1. The zero-order valence-electron chi connectivity index (χ0n) is 44.2. The molecule has 0 aliphatic carbocycles. The van der Waals surface area contributed by atoms with Crippen LogP contribution in [0.3, 0.4) is 0 Å². The zero-order valence-corrected chi connectivity index (χ0v) is 44.2. The third-order valence-electron chi connectivity index (χ3n) is 12.8. The van der Waals surface area contributed by atoms with Gasteiger partial charge < -0.3 is 23.8 Å². The first kappa shape index (κ1) is 63.5. The van der Waals surface area contributed by atoms with Gasteiger partial charge in [0.1, 0.15) is 6.61 Å². The first-order valence-corrected chi connectivity index (χ1v) is 28.0. The van der Waals surface area contributed by atoms with E-state index in [0.717, 1.165) is 64.2 Å². The molecule has 386 valence electrons. The van der Waals surface area contributed by atoms with E-state index >= 15 is 0 Å². The van der Waals surface area contributed by atoms with E-state index < -0.39 is 18.1 Å². The van der Waals surface area contributed by atoms with Crippen molar-refractivity contribution in [2.24, 2.45) is 0 Å². The minimum Gasteiger partial charge on any atom is -0.477 e. The Kier molecular flexibility index (Phi) is 47.2. The average molecular weight is 932 g/mol. The number of likely N-dealkylation sites (N-methyl/N-ethyl adjacent to an activating group) is 1. The van der Waals surface area contributed by atoms with Crippen LogP contribution < -0.4 is 0 Å². The Morgan fingerprint density at radius 1 is 0.455 bits per heavy atom. The Hall–Kier alpha value is -2.45. The van der Waals surface area contributed by atoms with Gasteiger partial charge in [0.25, 0.3) is 0 Å². The molecule has 0 saturated heterocycles. The van der Waals surface area contributed by atoms with Gasteiger partial charge in [-0.2, -0.15) is 0 Å². The number of hydrogen-bond acceptors (Lipinski definition) is 6. The van der Waals surface area contributed by atoms with Crippen molar-refractivity contribution in [2.75, 3.05) is 41.0 Å². The summed E-state index contributed by atoms with van der Waals surface area (Å²) in [6, 6.07) is -0.617. The van der Waals surface area contributed by atoms with Crippen LogP contribution in [0.5, 0.6) is 0 Å². The van der Waals surface area contributed by atoms with E-state index in [4.69, 9.17) is 14.2 Å². The van der Waals surface area contributed by atoms with Gasteiger partial charge in [-0.25, -0.2) is 4.79 Å². The van der Waals surface area contributed by atoms with Crippen molar-refractivity contribution in [2.45, 2.75) is 276 Å². The summed E-state index contributed by atoms with van der Waals surface area (Å²) in [6.45, 7) is 4.74. The van der Waals surface area contributed by atoms with Crippen molar-refractivity contribution < 1.29 is 38.2 Å². The predicted octanol–water partition coefficient (Wildman–Crippen LogP) is 16.5. The van der Waals surface area contributed by atoms with E-state index in [0.29, 0.717) is 19.3 Å². The molecule has 0 bridgehead atoms. The minimum absolute atomic E-state index is 0.0527. The van der Waals surface area contributed by atoms with Gasteiger partial charge in [-0.3, -0.25) is 9.59 Å². The lowest BCUT2D eigenvalue weighted by Crippen LogP contribution is -2.50. The number of nitrogens with zero attached hydrogens (tertiary/aromatic N) is 1. The second-order valence-electron chi connectivity index (χ2n) is 20.2. The molecule has 0 spiro atoms. The van der Waals surface area contributed by atoms with Crippen molar-refractivity contribution in [3.05, 3.63) is 36.5 Å². The Bertz CT molecular complexity index is 1170. The first-order chi connectivity index (χ1) is 32.1. The van der Waals surface area contributed by atoms with Crippen LogP contribution in [0, 0.1) is 0 Å². The minimum atomic E-state index is -0.874. The normalized spacial score (nSPS) is 13.0. The number of esters is 2. The van der Waals surface area contributed by atoms with Gasteiger partial charge in [-0.05, 0) is 51.4 Å². The van der Waals surface area contributed by atoms with E-state index in [9.17, 15) is 19.5 Å². The highest BCUT2D eigenvalue weighted by atomic mass is 16.6. The molecule has 0 amide bonds. The lowest BCUT2D eigenvalue weighted by atomic mass is 10.0. The number of ether oxygens (including phenoxy) is 3. The molecule has 0 aromatic rings. The van der Waals surface area contributed by atoms with Crippen LogP contribution in [0.15, 0.2) is 36.5 Å². The van der Waals surface area contributed by atoms with Crippen molar-refractivity contribution in [1.29, 1.82) is 0 Å². The third kappa shape index (κ3) is 46.7. The van der Waals surface area contributed by atoms with Gasteiger partial charge in [0.2, 0.25) is 0 Å². The predicted molar refractivity (Wildman–Crippen MR) is 280 cm³/mol. The second-order valence-corrected chi connectivity index (χ2v) is 20.2. The molecule has 0 aromatic carbocycles. The molecule has 2 unspecified atom stereocenters. The van der Waals surface area contributed by atoms with Gasteiger partial charge in [0.15, 0.2) is 12.1 Å². The summed E-state index contributed by atoms with van der Waals surface area (Å²) < 4.78 is 17.4. The molecule has 0 fully saturated rings. The monoisotopic (exact) mass is 931 g/mol. The number of carbonyl (C=O) groups excluding carboxylic acids is 2. The van der Waals surface area contributed by atoms with Gasteiger partial charge in [0, 0.05) is 19.3 Å². The van der Waals surface area contributed by atoms with Gasteiger partial charge >= 0.3 is 17.9 Å². The molecule has 8 heteroatoms. The highest BCUT2D eigenvalue weighted by molar-refractivity contribution is 5.72. The zero-order chi connectivity index (χ0) is 48.4. The van der Waals surface area contributed by atoms with E-state index in [1.807, 2.05) is 21.1 Å². The van der Waals surface area contributed by atoms with Gasteiger partial charge in [-0.1, -0.05) is 230 Å². The van der Waals surface area contributed by atoms with E-state index in [2.05, 4.69) is 50.3 Å². The van der Waals surface area contributed by atoms with E-state index in [-0.39, 0.29) is 36.2 Å². The summed E-state index contributed by atoms with van der Waals surface area (Å²) in [5.74, 6) is -1.47. The molecule has 0 aliphatic rings. The topological polar surface area (TPSA) is 99.1 Å². The number of carbonyl (C=O) groups is 3. The third-order valence-corrected chi connectivity index (χ3v) is 12.8. The maximum Gasteiger partial charge on any atom is 0.362 e. The Balaban J connectivity index is 4.17. The van der Waals surface area contributed by atoms with Crippen molar-refractivity contribution >= 4 is 17.9 Å². The van der Waals surface area contributed by atoms with Crippen molar-refractivity contribution in [3.63, 3.8) is 0 Å². The first-order valence-electron chi connectivity index (χ1n) is 28.0. The largest absolute Gasteiger partial charge is 0.477 e. The fourth-order valence-corrected chi connectivity index (χ4v) is 8.45. The Morgan fingerprint density at radius 3 is 1.21 bits per heavy atom.